The van der Waals surface area contributed by atoms with E-state index in [1.54, 1.807) is 6.20 Å². The Balaban J connectivity index is 1.31. The summed E-state index contributed by atoms with van der Waals surface area (Å²) in [6.07, 6.45) is 17.0. The zero-order valence-electron chi connectivity index (χ0n) is 19.6. The molecule has 32 heavy (non-hydrogen) atoms. The Morgan fingerprint density at radius 1 is 1.06 bits per heavy atom. The third-order valence-corrected chi connectivity index (χ3v) is 6.22. The molecule has 3 rings (SSSR count). The molecule has 180 valence electrons. The van der Waals surface area contributed by atoms with Crippen molar-refractivity contribution in [1.29, 1.82) is 0 Å². The van der Waals surface area contributed by atoms with Crippen LogP contribution < -0.4 is 5.69 Å². The molecule has 1 fully saturated rings. The number of hydrogen-bond donors (Lipinski definition) is 1. The van der Waals surface area contributed by atoms with Gasteiger partial charge in [0.1, 0.15) is 18.6 Å². The topological polar surface area (TPSA) is 86.7 Å². The van der Waals surface area contributed by atoms with E-state index in [1.807, 2.05) is 6.07 Å². The van der Waals surface area contributed by atoms with Crippen LogP contribution in [0.4, 0.5) is 0 Å². The number of ether oxygens (including phenoxy) is 2. The molecule has 7 heteroatoms. The van der Waals surface area contributed by atoms with Crippen LogP contribution in [0.5, 0.6) is 0 Å². The Labute approximate surface area is 191 Å². The molecule has 0 aromatic carbocycles. The lowest BCUT2D eigenvalue weighted by atomic mass is 10.1. The van der Waals surface area contributed by atoms with Crippen molar-refractivity contribution < 1.29 is 19.0 Å². The first-order valence-corrected chi connectivity index (χ1v) is 12.6. The lowest BCUT2D eigenvalue weighted by Gasteiger charge is -2.14. The van der Waals surface area contributed by atoms with Crippen LogP contribution in [0.3, 0.4) is 0 Å². The van der Waals surface area contributed by atoms with E-state index in [1.165, 1.54) is 68.8 Å². The van der Waals surface area contributed by atoms with E-state index in [2.05, 4.69) is 11.9 Å². The van der Waals surface area contributed by atoms with Crippen molar-refractivity contribution in [1.82, 2.24) is 9.55 Å². The minimum absolute atomic E-state index is 0.0345. The SMILES string of the molecule is CCCCCCCCCCCCCOCc1cc2cn([C@@H]3CC[C@H](CO)O3)c(=O)nc2o1. The molecule has 0 bridgehead atoms. The summed E-state index contributed by atoms with van der Waals surface area (Å²) in [7, 11) is 0. The van der Waals surface area contributed by atoms with Gasteiger partial charge in [-0.25, -0.2) is 4.79 Å². The van der Waals surface area contributed by atoms with Crippen molar-refractivity contribution in [3.8, 4) is 0 Å². The van der Waals surface area contributed by atoms with Gasteiger partial charge in [-0.2, -0.15) is 4.98 Å². The van der Waals surface area contributed by atoms with E-state index in [-0.39, 0.29) is 18.9 Å². The van der Waals surface area contributed by atoms with Gasteiger partial charge in [0.25, 0.3) is 0 Å². The normalized spacial score (nSPS) is 18.7. The maximum absolute atomic E-state index is 12.3. The molecule has 0 radical (unpaired) electrons. The first-order valence-electron chi connectivity index (χ1n) is 12.6. The Morgan fingerprint density at radius 2 is 1.75 bits per heavy atom. The molecule has 3 heterocycles. The second kappa shape index (κ2) is 13.8. The van der Waals surface area contributed by atoms with Gasteiger partial charge in [0, 0.05) is 12.8 Å². The molecular weight excluding hydrogens is 408 g/mol. The number of hydrogen-bond acceptors (Lipinski definition) is 6. The molecule has 0 aliphatic carbocycles. The Hall–Kier alpha value is -1.70. The first-order chi connectivity index (χ1) is 15.7. The van der Waals surface area contributed by atoms with Gasteiger partial charge in [-0.1, -0.05) is 71.1 Å². The van der Waals surface area contributed by atoms with Crippen molar-refractivity contribution >= 4 is 11.1 Å². The number of rotatable bonds is 16. The number of furan rings is 1. The van der Waals surface area contributed by atoms with Crippen LogP contribution in [-0.2, 0) is 16.1 Å². The van der Waals surface area contributed by atoms with Crippen molar-refractivity contribution in [3.05, 3.63) is 28.5 Å². The number of aliphatic hydroxyl groups is 1. The highest BCUT2D eigenvalue weighted by Crippen LogP contribution is 2.28. The van der Waals surface area contributed by atoms with Crippen LogP contribution in [0.2, 0.25) is 0 Å². The average molecular weight is 449 g/mol. The predicted octanol–water partition coefficient (Wildman–Crippen LogP) is 5.49. The monoisotopic (exact) mass is 448 g/mol. The minimum atomic E-state index is -0.399. The minimum Gasteiger partial charge on any atom is -0.440 e. The summed E-state index contributed by atoms with van der Waals surface area (Å²) in [6.45, 7) is 3.33. The van der Waals surface area contributed by atoms with Crippen LogP contribution >= 0.6 is 0 Å². The number of aromatic nitrogens is 2. The van der Waals surface area contributed by atoms with Gasteiger partial charge in [0.05, 0.1) is 18.1 Å². The van der Waals surface area contributed by atoms with E-state index in [9.17, 15) is 9.90 Å². The molecule has 1 aliphatic rings. The van der Waals surface area contributed by atoms with Crippen molar-refractivity contribution in [2.75, 3.05) is 13.2 Å². The van der Waals surface area contributed by atoms with E-state index in [0.29, 0.717) is 31.1 Å². The van der Waals surface area contributed by atoms with E-state index < -0.39 is 5.69 Å². The van der Waals surface area contributed by atoms with Crippen LogP contribution in [0, 0.1) is 0 Å². The number of unbranched alkanes of at least 4 members (excludes halogenated alkanes) is 10. The van der Waals surface area contributed by atoms with Gasteiger partial charge >= 0.3 is 5.69 Å². The highest BCUT2D eigenvalue weighted by molar-refractivity contribution is 5.72. The highest BCUT2D eigenvalue weighted by Gasteiger charge is 2.27. The predicted molar refractivity (Wildman–Crippen MR) is 125 cm³/mol. The fourth-order valence-corrected chi connectivity index (χ4v) is 4.32. The summed E-state index contributed by atoms with van der Waals surface area (Å²) in [5, 5.41) is 9.99. The van der Waals surface area contributed by atoms with Crippen molar-refractivity contribution in [2.24, 2.45) is 0 Å². The number of aliphatic hydroxyl groups excluding tert-OH is 1. The van der Waals surface area contributed by atoms with E-state index in [4.69, 9.17) is 13.9 Å². The maximum Gasteiger partial charge on any atom is 0.353 e. The van der Waals surface area contributed by atoms with Gasteiger partial charge in [0.15, 0.2) is 0 Å². The molecule has 0 spiro atoms. The molecule has 1 aliphatic heterocycles. The van der Waals surface area contributed by atoms with Crippen LogP contribution in [0.15, 0.2) is 21.5 Å². The lowest BCUT2D eigenvalue weighted by molar-refractivity contribution is -0.0243. The van der Waals surface area contributed by atoms with Crippen LogP contribution in [-0.4, -0.2) is 34.0 Å². The second-order valence-electron chi connectivity index (χ2n) is 8.96. The molecule has 2 atom stereocenters. The van der Waals surface area contributed by atoms with E-state index >= 15 is 0 Å². The molecular formula is C25H40N2O5. The summed E-state index contributed by atoms with van der Waals surface area (Å²) in [6, 6.07) is 1.87. The third-order valence-electron chi connectivity index (χ3n) is 6.22. The molecule has 1 saturated heterocycles. The zero-order valence-corrected chi connectivity index (χ0v) is 19.6. The fraction of sp³-hybridized carbons (Fsp3) is 0.760. The number of fused-ring (bicyclic) bond motifs is 1. The molecule has 0 unspecified atom stereocenters. The van der Waals surface area contributed by atoms with Gasteiger partial charge in [0.2, 0.25) is 5.71 Å². The molecule has 1 N–H and O–H groups in total. The molecule has 0 amide bonds. The third kappa shape index (κ3) is 7.71. The quantitative estimate of drug-likeness (QED) is 0.342. The smallest absolute Gasteiger partial charge is 0.353 e. The average Bonchev–Trinajstić information content (AvgIpc) is 3.42. The Bertz CT molecular complexity index is 846. The zero-order chi connectivity index (χ0) is 22.6. The highest BCUT2D eigenvalue weighted by atomic mass is 16.5. The van der Waals surface area contributed by atoms with Crippen LogP contribution in [0.25, 0.3) is 11.1 Å². The van der Waals surface area contributed by atoms with Gasteiger partial charge in [-0.05, 0) is 25.3 Å². The lowest BCUT2D eigenvalue weighted by Crippen LogP contribution is -2.27. The van der Waals surface area contributed by atoms with E-state index in [0.717, 1.165) is 18.2 Å². The van der Waals surface area contributed by atoms with Gasteiger partial charge in [-0.3, -0.25) is 4.57 Å². The van der Waals surface area contributed by atoms with Crippen molar-refractivity contribution in [3.63, 3.8) is 0 Å². The standard InChI is InChI=1S/C25H40N2O5/c1-2-3-4-5-6-7-8-9-10-11-12-15-30-19-22-16-20-17-27(25(29)26-24(20)32-22)23-14-13-21(18-28)31-23/h16-17,21,23,28H,2-15,18-19H2,1H3/t21-,23+/m1/s1. The fourth-order valence-electron chi connectivity index (χ4n) is 4.32. The number of nitrogens with zero attached hydrogens (tertiary/aromatic N) is 2. The van der Waals surface area contributed by atoms with Gasteiger partial charge < -0.3 is 19.0 Å². The summed E-state index contributed by atoms with van der Waals surface area (Å²) in [4.78, 5) is 16.4. The van der Waals surface area contributed by atoms with Crippen molar-refractivity contribution in [2.45, 2.75) is 109 Å². The van der Waals surface area contributed by atoms with Crippen LogP contribution in [0.1, 0.15) is 102 Å². The largest absolute Gasteiger partial charge is 0.440 e. The maximum atomic E-state index is 12.3. The van der Waals surface area contributed by atoms with Gasteiger partial charge in [-0.15, -0.1) is 0 Å². The summed E-state index contributed by atoms with van der Waals surface area (Å²) < 4.78 is 18.6. The molecule has 0 saturated carbocycles. The molecule has 7 nitrogen and oxygen atoms in total. The Morgan fingerprint density at radius 3 is 2.41 bits per heavy atom. The second-order valence-corrected chi connectivity index (χ2v) is 8.96. The molecule has 2 aromatic heterocycles. The first kappa shape index (κ1) is 24.9. The molecule has 2 aromatic rings. The Kier molecular flexibility index (Phi) is 10.7. The summed E-state index contributed by atoms with van der Waals surface area (Å²) >= 11 is 0. The summed E-state index contributed by atoms with van der Waals surface area (Å²) in [5.74, 6) is 0.674. The summed E-state index contributed by atoms with van der Waals surface area (Å²) in [5.41, 5.74) is -0.0693.